The summed E-state index contributed by atoms with van der Waals surface area (Å²) in [7, 11) is 1.64. The fraction of sp³-hybridized carbons (Fsp3) is 0.909. The number of amides is 1. The standard InChI is InChI=1S/C11H23F2N3O/c1-4-15-11(2,10(14)17)6-5-7-16(3)8-9(12)13/h9,15H,4-8H2,1-3H3,(H2,14,17). The minimum Gasteiger partial charge on any atom is -0.368 e. The van der Waals surface area contributed by atoms with Gasteiger partial charge in [-0.1, -0.05) is 6.92 Å². The monoisotopic (exact) mass is 251 g/mol. The van der Waals surface area contributed by atoms with Gasteiger partial charge in [-0.05, 0) is 39.9 Å². The molecule has 0 aromatic carbocycles. The first kappa shape index (κ1) is 16.2. The molecule has 1 amide bonds. The van der Waals surface area contributed by atoms with Crippen LogP contribution >= 0.6 is 0 Å². The van der Waals surface area contributed by atoms with Crippen molar-refractivity contribution in [2.45, 2.75) is 38.7 Å². The van der Waals surface area contributed by atoms with Crippen molar-refractivity contribution >= 4 is 5.91 Å². The van der Waals surface area contributed by atoms with Crippen LogP contribution in [-0.4, -0.2) is 49.5 Å². The van der Waals surface area contributed by atoms with E-state index in [-0.39, 0.29) is 6.54 Å². The van der Waals surface area contributed by atoms with Crippen LogP contribution < -0.4 is 11.1 Å². The molecule has 0 aliphatic rings. The molecular formula is C11H23F2N3O. The Morgan fingerprint density at radius 3 is 2.53 bits per heavy atom. The molecule has 0 saturated carbocycles. The third-order valence-electron chi connectivity index (χ3n) is 2.78. The number of nitrogens with two attached hydrogens (primary N) is 1. The lowest BCUT2D eigenvalue weighted by molar-refractivity contribution is -0.124. The lowest BCUT2D eigenvalue weighted by Crippen LogP contribution is -2.53. The quantitative estimate of drug-likeness (QED) is 0.638. The molecule has 1 unspecified atom stereocenters. The van der Waals surface area contributed by atoms with Crippen LogP contribution in [0.4, 0.5) is 8.78 Å². The molecule has 102 valence electrons. The topological polar surface area (TPSA) is 58.4 Å². The lowest BCUT2D eigenvalue weighted by Gasteiger charge is -2.28. The van der Waals surface area contributed by atoms with Crippen molar-refractivity contribution in [3.05, 3.63) is 0 Å². The van der Waals surface area contributed by atoms with Gasteiger partial charge < -0.3 is 16.0 Å². The van der Waals surface area contributed by atoms with E-state index in [2.05, 4.69) is 5.32 Å². The number of primary amides is 1. The minimum atomic E-state index is -2.32. The Kier molecular flexibility index (Phi) is 7.22. The number of hydrogen-bond donors (Lipinski definition) is 2. The second-order valence-electron chi connectivity index (χ2n) is 4.48. The Bertz CT molecular complexity index is 239. The van der Waals surface area contributed by atoms with Gasteiger partial charge in [0.05, 0.1) is 12.1 Å². The zero-order chi connectivity index (χ0) is 13.5. The summed E-state index contributed by atoms with van der Waals surface area (Å²) in [5, 5.41) is 3.03. The highest BCUT2D eigenvalue weighted by atomic mass is 19.3. The largest absolute Gasteiger partial charge is 0.368 e. The fourth-order valence-electron chi connectivity index (χ4n) is 1.72. The number of carbonyl (C=O) groups is 1. The van der Waals surface area contributed by atoms with Gasteiger partial charge in [0, 0.05) is 0 Å². The van der Waals surface area contributed by atoms with E-state index >= 15 is 0 Å². The first-order valence-corrected chi connectivity index (χ1v) is 5.83. The summed E-state index contributed by atoms with van der Waals surface area (Å²) >= 11 is 0. The highest BCUT2D eigenvalue weighted by Gasteiger charge is 2.29. The van der Waals surface area contributed by atoms with Crippen LogP contribution in [0.1, 0.15) is 26.7 Å². The third-order valence-corrected chi connectivity index (χ3v) is 2.78. The first-order chi connectivity index (χ1) is 7.81. The van der Waals surface area contributed by atoms with Crippen molar-refractivity contribution in [1.82, 2.24) is 10.2 Å². The van der Waals surface area contributed by atoms with Gasteiger partial charge >= 0.3 is 0 Å². The molecule has 0 spiro atoms. The van der Waals surface area contributed by atoms with Crippen LogP contribution in [0.5, 0.6) is 0 Å². The molecule has 3 N–H and O–H groups in total. The summed E-state index contributed by atoms with van der Waals surface area (Å²) < 4.78 is 24.1. The molecule has 4 nitrogen and oxygen atoms in total. The predicted molar refractivity (Wildman–Crippen MR) is 64.0 cm³/mol. The van der Waals surface area contributed by atoms with Crippen molar-refractivity contribution in [3.63, 3.8) is 0 Å². The summed E-state index contributed by atoms with van der Waals surface area (Å²) in [6, 6.07) is 0. The third kappa shape index (κ3) is 6.53. The number of halogens is 2. The Balaban J connectivity index is 4.02. The molecule has 0 heterocycles. The van der Waals surface area contributed by atoms with E-state index in [0.717, 1.165) is 0 Å². The molecule has 0 saturated heterocycles. The highest BCUT2D eigenvalue weighted by Crippen LogP contribution is 2.12. The molecule has 17 heavy (non-hydrogen) atoms. The first-order valence-electron chi connectivity index (χ1n) is 5.83. The van der Waals surface area contributed by atoms with Gasteiger partial charge in [-0.2, -0.15) is 0 Å². The molecule has 6 heteroatoms. The maximum atomic E-state index is 12.1. The van der Waals surface area contributed by atoms with E-state index in [9.17, 15) is 13.6 Å². The SMILES string of the molecule is CCNC(C)(CCCN(C)CC(F)F)C(N)=O. The van der Waals surface area contributed by atoms with E-state index < -0.39 is 17.9 Å². The number of likely N-dealkylation sites (N-methyl/N-ethyl adjacent to an activating group) is 1. The molecule has 1 atom stereocenters. The average molecular weight is 251 g/mol. The van der Waals surface area contributed by atoms with E-state index in [1.54, 1.807) is 18.9 Å². The summed E-state index contributed by atoms with van der Waals surface area (Å²) in [5.41, 5.74) is 4.57. The number of hydrogen-bond acceptors (Lipinski definition) is 3. The number of nitrogens with zero attached hydrogens (tertiary/aromatic N) is 1. The van der Waals surface area contributed by atoms with E-state index in [1.807, 2.05) is 6.92 Å². The minimum absolute atomic E-state index is 0.242. The predicted octanol–water partition coefficient (Wildman–Crippen LogP) is 0.817. The van der Waals surface area contributed by atoms with Crippen molar-refractivity contribution in [1.29, 1.82) is 0 Å². The van der Waals surface area contributed by atoms with Gasteiger partial charge in [0.1, 0.15) is 0 Å². The zero-order valence-electron chi connectivity index (χ0n) is 10.8. The van der Waals surface area contributed by atoms with Gasteiger partial charge in [0.2, 0.25) is 5.91 Å². The van der Waals surface area contributed by atoms with Crippen LogP contribution in [0, 0.1) is 0 Å². The van der Waals surface area contributed by atoms with Crippen molar-refractivity contribution < 1.29 is 13.6 Å². The molecule has 0 aliphatic heterocycles. The number of nitrogens with one attached hydrogen (secondary N) is 1. The molecule has 0 bridgehead atoms. The maximum Gasteiger partial charge on any atom is 0.251 e. The van der Waals surface area contributed by atoms with Crippen LogP contribution in [0.25, 0.3) is 0 Å². The van der Waals surface area contributed by atoms with Gasteiger partial charge in [-0.15, -0.1) is 0 Å². The molecule has 0 aromatic rings. The fourth-order valence-corrected chi connectivity index (χ4v) is 1.72. The van der Waals surface area contributed by atoms with E-state index in [4.69, 9.17) is 5.73 Å². The van der Waals surface area contributed by atoms with Crippen LogP contribution in [0.2, 0.25) is 0 Å². The second-order valence-corrected chi connectivity index (χ2v) is 4.48. The van der Waals surface area contributed by atoms with Gasteiger partial charge in [-0.3, -0.25) is 4.79 Å². The Hall–Kier alpha value is -0.750. The maximum absolute atomic E-state index is 12.1. The second kappa shape index (κ2) is 7.55. The lowest BCUT2D eigenvalue weighted by atomic mass is 9.95. The molecule has 0 radical (unpaired) electrons. The van der Waals surface area contributed by atoms with Crippen LogP contribution in [0.15, 0.2) is 0 Å². The number of alkyl halides is 2. The summed E-state index contributed by atoms with van der Waals surface area (Å²) in [5.74, 6) is -0.407. The average Bonchev–Trinajstić information content (AvgIpc) is 2.16. The van der Waals surface area contributed by atoms with Crippen molar-refractivity contribution in [2.24, 2.45) is 5.73 Å². The van der Waals surface area contributed by atoms with Crippen molar-refractivity contribution in [2.75, 3.05) is 26.7 Å². The molecular weight excluding hydrogens is 228 g/mol. The highest BCUT2D eigenvalue weighted by molar-refractivity contribution is 5.84. The van der Waals surface area contributed by atoms with Gasteiger partial charge in [0.25, 0.3) is 6.43 Å². The number of carbonyl (C=O) groups excluding carboxylic acids is 1. The Morgan fingerprint density at radius 2 is 2.12 bits per heavy atom. The molecule has 0 aliphatic carbocycles. The number of rotatable bonds is 9. The van der Waals surface area contributed by atoms with E-state index in [0.29, 0.717) is 25.9 Å². The summed E-state index contributed by atoms with van der Waals surface area (Å²) in [4.78, 5) is 12.8. The zero-order valence-corrected chi connectivity index (χ0v) is 10.8. The Labute approximate surface area is 102 Å². The van der Waals surface area contributed by atoms with Crippen molar-refractivity contribution in [3.8, 4) is 0 Å². The van der Waals surface area contributed by atoms with Crippen LogP contribution in [-0.2, 0) is 4.79 Å². The normalized spacial score (nSPS) is 15.2. The molecule has 0 aromatic heterocycles. The van der Waals surface area contributed by atoms with E-state index in [1.165, 1.54) is 0 Å². The summed E-state index contributed by atoms with van der Waals surface area (Å²) in [6.07, 6.45) is -1.13. The summed E-state index contributed by atoms with van der Waals surface area (Å²) in [6.45, 7) is 4.56. The molecule has 0 rings (SSSR count). The Morgan fingerprint density at radius 1 is 1.53 bits per heavy atom. The van der Waals surface area contributed by atoms with Gasteiger partial charge in [-0.25, -0.2) is 8.78 Å². The van der Waals surface area contributed by atoms with Gasteiger partial charge in [0.15, 0.2) is 0 Å². The smallest absolute Gasteiger partial charge is 0.251 e. The molecule has 0 fully saturated rings. The van der Waals surface area contributed by atoms with Crippen LogP contribution in [0.3, 0.4) is 0 Å².